The van der Waals surface area contributed by atoms with E-state index < -0.39 is 11.2 Å². The van der Waals surface area contributed by atoms with Crippen molar-refractivity contribution in [2.24, 2.45) is 0 Å². The van der Waals surface area contributed by atoms with E-state index >= 15 is 0 Å². The summed E-state index contributed by atoms with van der Waals surface area (Å²) in [7, 11) is 0. The summed E-state index contributed by atoms with van der Waals surface area (Å²) in [6.07, 6.45) is 1.64. The smallest absolute Gasteiger partial charge is 0.330 e. The number of aryl methyl sites for hydroxylation is 1. The van der Waals surface area contributed by atoms with Crippen LogP contribution in [0.2, 0.25) is 0 Å². The third-order valence-electron chi connectivity index (χ3n) is 2.84. The van der Waals surface area contributed by atoms with Gasteiger partial charge in [-0.2, -0.15) is 0 Å². The lowest BCUT2D eigenvalue weighted by Gasteiger charge is -2.12. The van der Waals surface area contributed by atoms with Crippen molar-refractivity contribution in [1.29, 1.82) is 0 Å². The van der Waals surface area contributed by atoms with E-state index in [9.17, 15) is 9.59 Å². The molecule has 0 aromatic carbocycles. The van der Waals surface area contributed by atoms with Crippen LogP contribution >= 0.6 is 0 Å². The van der Waals surface area contributed by atoms with Crippen molar-refractivity contribution in [2.45, 2.75) is 26.9 Å². The SMILES string of the molecule is CCn1c(N)c(NCc2ccnc(C)n2)c(=O)[nH]c1=O. The van der Waals surface area contributed by atoms with Gasteiger partial charge in [0.05, 0.1) is 12.2 Å². The van der Waals surface area contributed by atoms with Crippen LogP contribution in [0.5, 0.6) is 0 Å². The van der Waals surface area contributed by atoms with Gasteiger partial charge < -0.3 is 11.1 Å². The van der Waals surface area contributed by atoms with Crippen molar-refractivity contribution in [3.8, 4) is 0 Å². The van der Waals surface area contributed by atoms with Crippen molar-refractivity contribution < 1.29 is 0 Å². The van der Waals surface area contributed by atoms with E-state index in [1.807, 2.05) is 0 Å². The number of hydrogen-bond donors (Lipinski definition) is 3. The maximum absolute atomic E-state index is 11.8. The fourth-order valence-electron chi connectivity index (χ4n) is 1.86. The molecule has 4 N–H and O–H groups in total. The van der Waals surface area contributed by atoms with Crippen molar-refractivity contribution >= 4 is 11.5 Å². The first-order chi connectivity index (χ1) is 9.52. The zero-order valence-corrected chi connectivity index (χ0v) is 11.3. The van der Waals surface area contributed by atoms with Crippen LogP contribution in [0.25, 0.3) is 0 Å². The van der Waals surface area contributed by atoms with E-state index in [2.05, 4.69) is 20.3 Å². The van der Waals surface area contributed by atoms with E-state index in [4.69, 9.17) is 5.73 Å². The second-order valence-electron chi connectivity index (χ2n) is 4.21. The lowest BCUT2D eigenvalue weighted by Crippen LogP contribution is -2.33. The van der Waals surface area contributed by atoms with Crippen LogP contribution in [-0.2, 0) is 13.1 Å². The third-order valence-corrected chi connectivity index (χ3v) is 2.84. The van der Waals surface area contributed by atoms with Crippen molar-refractivity contribution in [3.05, 3.63) is 44.6 Å². The minimum Gasteiger partial charge on any atom is -0.383 e. The van der Waals surface area contributed by atoms with Crippen LogP contribution in [0.3, 0.4) is 0 Å². The first-order valence-corrected chi connectivity index (χ1v) is 6.18. The first kappa shape index (κ1) is 13.8. The highest BCUT2D eigenvalue weighted by molar-refractivity contribution is 5.60. The number of anilines is 2. The van der Waals surface area contributed by atoms with Crippen molar-refractivity contribution in [3.63, 3.8) is 0 Å². The highest BCUT2D eigenvalue weighted by Gasteiger charge is 2.11. The number of rotatable bonds is 4. The lowest BCUT2D eigenvalue weighted by molar-refractivity contribution is 0.705. The molecule has 0 radical (unpaired) electrons. The Bertz CT molecular complexity index is 733. The van der Waals surface area contributed by atoms with Gasteiger partial charge in [-0.3, -0.25) is 14.3 Å². The van der Waals surface area contributed by atoms with E-state index in [0.29, 0.717) is 18.9 Å². The van der Waals surface area contributed by atoms with Gasteiger partial charge in [0.15, 0.2) is 0 Å². The minimum atomic E-state index is -0.539. The van der Waals surface area contributed by atoms with Gasteiger partial charge in [-0.05, 0) is 19.9 Å². The van der Waals surface area contributed by atoms with Gasteiger partial charge in [0.2, 0.25) is 0 Å². The van der Waals surface area contributed by atoms with Gasteiger partial charge in [-0.25, -0.2) is 14.8 Å². The molecule has 8 heteroatoms. The maximum Gasteiger partial charge on any atom is 0.330 e. The monoisotopic (exact) mass is 276 g/mol. The number of nitrogens with one attached hydrogen (secondary N) is 2. The molecule has 2 heterocycles. The Morgan fingerprint density at radius 3 is 2.85 bits per heavy atom. The van der Waals surface area contributed by atoms with Crippen LogP contribution in [0.15, 0.2) is 21.9 Å². The van der Waals surface area contributed by atoms with Crippen molar-refractivity contribution in [2.75, 3.05) is 11.1 Å². The Morgan fingerprint density at radius 1 is 1.45 bits per heavy atom. The van der Waals surface area contributed by atoms with E-state index in [1.54, 1.807) is 26.1 Å². The molecule has 0 fully saturated rings. The predicted molar refractivity (Wildman–Crippen MR) is 75.5 cm³/mol. The normalized spacial score (nSPS) is 10.5. The molecule has 0 saturated heterocycles. The topological polar surface area (TPSA) is 119 Å². The Labute approximate surface area is 114 Å². The molecule has 0 spiro atoms. The molecule has 0 aliphatic rings. The Morgan fingerprint density at radius 2 is 2.20 bits per heavy atom. The van der Waals surface area contributed by atoms with Crippen LogP contribution in [0.1, 0.15) is 18.4 Å². The minimum absolute atomic E-state index is 0.118. The van der Waals surface area contributed by atoms with Gasteiger partial charge in [-0.15, -0.1) is 0 Å². The average Bonchev–Trinajstić information content (AvgIpc) is 2.38. The molecule has 0 aliphatic carbocycles. The maximum atomic E-state index is 11.8. The highest BCUT2D eigenvalue weighted by Crippen LogP contribution is 2.10. The highest BCUT2D eigenvalue weighted by atomic mass is 16.2. The van der Waals surface area contributed by atoms with E-state index in [0.717, 1.165) is 5.69 Å². The Kier molecular flexibility index (Phi) is 3.83. The quantitative estimate of drug-likeness (QED) is 0.714. The molecule has 106 valence electrons. The summed E-state index contributed by atoms with van der Waals surface area (Å²) in [5, 5.41) is 2.91. The summed E-state index contributed by atoms with van der Waals surface area (Å²) in [6, 6.07) is 1.74. The first-order valence-electron chi connectivity index (χ1n) is 6.18. The lowest BCUT2D eigenvalue weighted by atomic mass is 10.3. The van der Waals surface area contributed by atoms with E-state index in [1.165, 1.54) is 4.57 Å². The van der Waals surface area contributed by atoms with E-state index in [-0.39, 0.29) is 11.5 Å². The molecule has 20 heavy (non-hydrogen) atoms. The molecule has 0 aliphatic heterocycles. The summed E-state index contributed by atoms with van der Waals surface area (Å²) < 4.78 is 1.29. The Balaban J connectivity index is 2.30. The summed E-state index contributed by atoms with van der Waals surface area (Å²) in [5.74, 6) is 0.761. The third kappa shape index (κ3) is 2.68. The molecule has 0 bridgehead atoms. The van der Waals surface area contributed by atoms with Gasteiger partial charge in [0.1, 0.15) is 17.3 Å². The summed E-state index contributed by atoms with van der Waals surface area (Å²) >= 11 is 0. The van der Waals surface area contributed by atoms with Crippen LogP contribution in [-0.4, -0.2) is 19.5 Å². The fraction of sp³-hybridized carbons (Fsp3) is 0.333. The summed E-state index contributed by atoms with van der Waals surface area (Å²) in [4.78, 5) is 33.7. The van der Waals surface area contributed by atoms with Crippen LogP contribution in [0.4, 0.5) is 11.5 Å². The molecule has 0 amide bonds. The molecule has 0 atom stereocenters. The molecule has 2 aromatic heterocycles. The molecular formula is C12H16N6O2. The number of H-pyrrole nitrogens is 1. The van der Waals surface area contributed by atoms with Gasteiger partial charge in [-0.1, -0.05) is 0 Å². The van der Waals surface area contributed by atoms with Crippen molar-refractivity contribution in [1.82, 2.24) is 19.5 Å². The predicted octanol–water partition coefficient (Wildman–Crippen LogP) is -0.151. The molecule has 0 unspecified atom stereocenters. The second-order valence-corrected chi connectivity index (χ2v) is 4.21. The zero-order chi connectivity index (χ0) is 14.7. The summed E-state index contributed by atoms with van der Waals surface area (Å²) in [5.41, 5.74) is 5.68. The summed E-state index contributed by atoms with van der Waals surface area (Å²) in [6.45, 7) is 4.25. The van der Waals surface area contributed by atoms with Gasteiger partial charge in [0.25, 0.3) is 5.56 Å². The molecule has 2 rings (SSSR count). The molecule has 2 aromatic rings. The second kappa shape index (κ2) is 5.55. The molecule has 8 nitrogen and oxygen atoms in total. The molecular weight excluding hydrogens is 260 g/mol. The molecule has 0 saturated carbocycles. The average molecular weight is 276 g/mol. The number of aromatic nitrogens is 4. The largest absolute Gasteiger partial charge is 0.383 e. The fourth-order valence-corrected chi connectivity index (χ4v) is 1.86. The van der Waals surface area contributed by atoms with Gasteiger partial charge >= 0.3 is 5.69 Å². The zero-order valence-electron chi connectivity index (χ0n) is 11.3. The Hall–Kier alpha value is -2.64. The number of nitrogen functional groups attached to an aromatic ring is 1. The number of nitrogens with zero attached hydrogens (tertiary/aromatic N) is 3. The number of hydrogen-bond acceptors (Lipinski definition) is 6. The standard InChI is InChI=1S/C12H16N6O2/c1-3-18-10(13)9(11(19)17-12(18)20)15-6-8-4-5-14-7(2)16-8/h4-5,15H,3,6,13H2,1-2H3,(H,17,19,20). The van der Waals surface area contributed by atoms with Crippen LogP contribution < -0.4 is 22.3 Å². The van der Waals surface area contributed by atoms with Crippen LogP contribution in [0, 0.1) is 6.92 Å². The van der Waals surface area contributed by atoms with Gasteiger partial charge in [0, 0.05) is 12.7 Å². The number of aromatic amines is 1. The number of nitrogens with two attached hydrogens (primary N) is 1.